The van der Waals surface area contributed by atoms with E-state index in [1.807, 2.05) is 24.3 Å². The van der Waals surface area contributed by atoms with Gasteiger partial charge in [-0.05, 0) is 59.7 Å². The standard InChI is InChI=1S/C40H42O13/c1-21(41)49-39-31(23-9-13-25(43-3)14-10-23)51-33-27(17-19-29(45-5)37(33)47-7)35(39)53-36-28-18-20-30(46-6)38(48-8)34(28)52-32(40(36)50-22(2)42)24-11-15-26(44-4)16-12-24/h9-20,31-32,35-36,39-40H,1-8H3/t31-,32-,35+,36+,39+,40+/m1/s1. The van der Waals surface area contributed by atoms with Crippen molar-refractivity contribution in [3.63, 3.8) is 0 Å². The summed E-state index contributed by atoms with van der Waals surface area (Å²) in [4.78, 5) is 25.8. The number of fused-ring (bicyclic) bond motifs is 2. The quantitative estimate of drug-likeness (QED) is 0.144. The van der Waals surface area contributed by atoms with Crippen molar-refractivity contribution >= 4 is 11.9 Å². The topological polar surface area (TPSA) is 136 Å². The molecule has 0 radical (unpaired) electrons. The molecule has 0 unspecified atom stereocenters. The predicted molar refractivity (Wildman–Crippen MR) is 189 cm³/mol. The van der Waals surface area contributed by atoms with Crippen molar-refractivity contribution in [1.29, 1.82) is 0 Å². The average molecular weight is 731 g/mol. The van der Waals surface area contributed by atoms with Gasteiger partial charge in [-0.3, -0.25) is 9.59 Å². The summed E-state index contributed by atoms with van der Waals surface area (Å²) >= 11 is 0. The van der Waals surface area contributed by atoms with Crippen LogP contribution in [0.4, 0.5) is 0 Å². The number of methoxy groups -OCH3 is 6. The molecule has 280 valence electrons. The SMILES string of the molecule is COc1ccc([C@H]2Oc3c(ccc(OC)c3OC)[C@H](O[C@H]3c4ccc(OC)c(OC)c4O[C@H](c4ccc(OC)cc4)[C@@H]3OC(C)=O)[C@H]2OC(C)=O)cc1. The number of benzene rings is 4. The molecular formula is C40H42O13. The zero-order valence-corrected chi connectivity index (χ0v) is 30.7. The smallest absolute Gasteiger partial charge is 0.303 e. The summed E-state index contributed by atoms with van der Waals surface area (Å²) in [6.07, 6.45) is -6.00. The number of hydrogen-bond donors (Lipinski definition) is 0. The molecule has 4 aromatic carbocycles. The van der Waals surface area contributed by atoms with Crippen molar-refractivity contribution in [1.82, 2.24) is 0 Å². The van der Waals surface area contributed by atoms with Crippen LogP contribution in [0.15, 0.2) is 72.8 Å². The average Bonchev–Trinajstić information content (AvgIpc) is 3.17. The van der Waals surface area contributed by atoms with E-state index in [-0.39, 0.29) is 0 Å². The van der Waals surface area contributed by atoms with E-state index in [4.69, 9.17) is 52.1 Å². The Balaban J connectivity index is 1.58. The first-order valence-electron chi connectivity index (χ1n) is 16.8. The predicted octanol–water partition coefficient (Wildman–Crippen LogP) is 6.67. The van der Waals surface area contributed by atoms with Crippen LogP contribution in [0.25, 0.3) is 0 Å². The summed E-state index contributed by atoms with van der Waals surface area (Å²) in [6, 6.07) is 21.3. The van der Waals surface area contributed by atoms with Gasteiger partial charge in [0, 0.05) is 25.0 Å². The molecule has 0 aromatic heterocycles. The van der Waals surface area contributed by atoms with Crippen molar-refractivity contribution in [3.05, 3.63) is 95.1 Å². The molecule has 0 N–H and O–H groups in total. The van der Waals surface area contributed by atoms with Crippen molar-refractivity contribution in [2.24, 2.45) is 0 Å². The summed E-state index contributed by atoms with van der Waals surface area (Å²) in [6.45, 7) is 2.63. The Morgan fingerprint density at radius 2 is 0.868 bits per heavy atom. The van der Waals surface area contributed by atoms with E-state index in [0.29, 0.717) is 68.2 Å². The second kappa shape index (κ2) is 15.8. The molecule has 0 saturated heterocycles. The summed E-state index contributed by atoms with van der Waals surface area (Å²) in [7, 11) is 9.19. The van der Waals surface area contributed by atoms with Gasteiger partial charge in [0.2, 0.25) is 11.5 Å². The Kier molecular flexibility index (Phi) is 11.0. The van der Waals surface area contributed by atoms with Crippen LogP contribution in [0.1, 0.15) is 60.5 Å². The Bertz CT molecular complexity index is 1790. The third kappa shape index (κ3) is 7.16. The molecule has 13 nitrogen and oxygen atoms in total. The van der Waals surface area contributed by atoms with Gasteiger partial charge in [0.25, 0.3) is 0 Å². The van der Waals surface area contributed by atoms with Crippen molar-refractivity contribution in [3.8, 4) is 46.0 Å². The largest absolute Gasteiger partial charge is 0.497 e. The van der Waals surface area contributed by atoms with Gasteiger partial charge in [0.15, 0.2) is 47.4 Å². The summed E-state index contributed by atoms with van der Waals surface area (Å²) in [5, 5.41) is 0. The second-order valence-electron chi connectivity index (χ2n) is 12.2. The zero-order valence-electron chi connectivity index (χ0n) is 30.7. The highest BCUT2D eigenvalue weighted by Gasteiger charge is 2.50. The van der Waals surface area contributed by atoms with Gasteiger partial charge in [0.05, 0.1) is 42.7 Å². The first-order valence-corrected chi connectivity index (χ1v) is 16.8. The number of ether oxygens (including phenoxy) is 11. The Morgan fingerprint density at radius 1 is 0.491 bits per heavy atom. The van der Waals surface area contributed by atoms with E-state index in [9.17, 15) is 9.59 Å². The van der Waals surface area contributed by atoms with Gasteiger partial charge in [-0.2, -0.15) is 0 Å². The highest BCUT2D eigenvalue weighted by atomic mass is 16.6. The minimum absolute atomic E-state index is 0.310. The lowest BCUT2D eigenvalue weighted by molar-refractivity contribution is -0.203. The normalized spacial score (nSPS) is 21.4. The molecule has 13 heteroatoms. The molecule has 0 aliphatic carbocycles. The van der Waals surface area contributed by atoms with Crippen molar-refractivity contribution < 1.29 is 61.7 Å². The van der Waals surface area contributed by atoms with Crippen LogP contribution >= 0.6 is 0 Å². The number of rotatable bonds is 12. The summed E-state index contributed by atoms with van der Waals surface area (Å²) in [5.41, 5.74) is 2.31. The fourth-order valence-corrected chi connectivity index (χ4v) is 6.77. The molecule has 0 bridgehead atoms. The van der Waals surface area contributed by atoms with Crippen LogP contribution < -0.4 is 37.9 Å². The minimum atomic E-state index is -1.06. The second-order valence-corrected chi connectivity index (χ2v) is 12.2. The van der Waals surface area contributed by atoms with Gasteiger partial charge in [-0.1, -0.05) is 24.3 Å². The van der Waals surface area contributed by atoms with Crippen LogP contribution in [-0.4, -0.2) is 66.8 Å². The monoisotopic (exact) mass is 730 g/mol. The number of hydrogen-bond acceptors (Lipinski definition) is 13. The number of carbonyl (C=O) groups excluding carboxylic acids is 2. The van der Waals surface area contributed by atoms with Crippen LogP contribution in [0.3, 0.4) is 0 Å². The van der Waals surface area contributed by atoms with Gasteiger partial charge in [-0.15, -0.1) is 0 Å². The Labute approximate surface area is 307 Å². The van der Waals surface area contributed by atoms with Gasteiger partial charge in [-0.25, -0.2) is 0 Å². The van der Waals surface area contributed by atoms with E-state index in [0.717, 1.165) is 0 Å². The molecule has 2 aliphatic rings. The van der Waals surface area contributed by atoms with Crippen LogP contribution in [0.2, 0.25) is 0 Å². The first-order chi connectivity index (χ1) is 25.6. The lowest BCUT2D eigenvalue weighted by Gasteiger charge is -2.44. The molecule has 4 aromatic rings. The van der Waals surface area contributed by atoms with Gasteiger partial charge in [0.1, 0.15) is 23.7 Å². The third-order valence-electron chi connectivity index (χ3n) is 9.14. The Morgan fingerprint density at radius 3 is 1.17 bits per heavy atom. The first kappa shape index (κ1) is 37.0. The number of carbonyl (C=O) groups is 2. The molecule has 2 heterocycles. The lowest BCUT2D eigenvalue weighted by atomic mass is 9.88. The highest BCUT2D eigenvalue weighted by Crippen LogP contribution is 2.57. The van der Waals surface area contributed by atoms with Gasteiger partial charge >= 0.3 is 11.9 Å². The van der Waals surface area contributed by atoms with Crippen LogP contribution in [0.5, 0.6) is 46.0 Å². The maximum Gasteiger partial charge on any atom is 0.303 e. The molecule has 0 spiro atoms. The summed E-state index contributed by atoms with van der Waals surface area (Å²) < 4.78 is 66.4. The third-order valence-corrected chi connectivity index (χ3v) is 9.14. The molecule has 53 heavy (non-hydrogen) atoms. The number of esters is 2. The summed E-state index contributed by atoms with van der Waals surface area (Å²) in [5.74, 6) is 2.19. The minimum Gasteiger partial charge on any atom is -0.497 e. The molecule has 0 fully saturated rings. The van der Waals surface area contributed by atoms with Gasteiger partial charge < -0.3 is 52.1 Å². The maximum atomic E-state index is 12.9. The van der Waals surface area contributed by atoms with E-state index < -0.39 is 48.6 Å². The molecule has 6 rings (SSSR count). The maximum absolute atomic E-state index is 12.9. The molecule has 0 amide bonds. The highest BCUT2D eigenvalue weighted by molar-refractivity contribution is 5.68. The van der Waals surface area contributed by atoms with E-state index >= 15 is 0 Å². The molecule has 6 atom stereocenters. The molecular weight excluding hydrogens is 688 g/mol. The fraction of sp³-hybridized carbons (Fsp3) is 0.350. The fourth-order valence-electron chi connectivity index (χ4n) is 6.77. The van der Waals surface area contributed by atoms with Crippen molar-refractivity contribution in [2.45, 2.75) is 50.5 Å². The van der Waals surface area contributed by atoms with E-state index in [2.05, 4.69) is 0 Å². The van der Waals surface area contributed by atoms with E-state index in [1.165, 1.54) is 42.3 Å². The lowest BCUT2D eigenvalue weighted by Crippen LogP contribution is -2.44. The van der Waals surface area contributed by atoms with Crippen LogP contribution in [0, 0.1) is 0 Å². The molecule has 0 saturated carbocycles. The Hall–Kier alpha value is -5.82. The molecule has 2 aliphatic heterocycles. The van der Waals surface area contributed by atoms with Crippen molar-refractivity contribution in [2.75, 3.05) is 42.7 Å². The van der Waals surface area contributed by atoms with Crippen LogP contribution in [-0.2, 0) is 23.8 Å². The zero-order chi connectivity index (χ0) is 37.8. The van der Waals surface area contributed by atoms with E-state index in [1.54, 1.807) is 62.8 Å².